The van der Waals surface area contributed by atoms with Gasteiger partial charge in [0.15, 0.2) is 0 Å². The average molecular weight is 381 g/mol. The monoisotopic (exact) mass is 380 g/mol. The van der Waals surface area contributed by atoms with E-state index < -0.39 is 5.69 Å². The first kappa shape index (κ1) is 10.9. The number of hydrogen-bond donors (Lipinski definition) is 2. The zero-order valence-corrected chi connectivity index (χ0v) is 11.4. The van der Waals surface area contributed by atoms with Crippen LogP contribution in [-0.2, 0) is 0 Å². The van der Waals surface area contributed by atoms with Gasteiger partial charge in [-0.2, -0.15) is 0 Å². The quantitative estimate of drug-likeness (QED) is 0.685. The average Bonchev–Trinajstić information content (AvgIpc) is 2.17. The third-order valence-corrected chi connectivity index (χ3v) is 4.78. The lowest BCUT2D eigenvalue weighted by atomic mass is 10.1. The van der Waals surface area contributed by atoms with Gasteiger partial charge in [-0.3, -0.25) is 9.78 Å². The molecule has 0 fully saturated rings. The second-order valence-corrected chi connectivity index (χ2v) is 5.08. The minimum Gasteiger partial charge on any atom is -0.307 e. The van der Waals surface area contributed by atoms with E-state index in [1.807, 2.05) is 6.92 Å². The minimum atomic E-state index is -0.483. The maximum atomic E-state index is 11.5. The van der Waals surface area contributed by atoms with Crippen molar-refractivity contribution in [2.75, 3.05) is 0 Å². The van der Waals surface area contributed by atoms with Gasteiger partial charge in [-0.05, 0) is 57.1 Å². The first-order valence-corrected chi connectivity index (χ1v) is 5.99. The molecule has 0 aliphatic heterocycles. The highest BCUT2D eigenvalue weighted by molar-refractivity contribution is 14.1. The highest BCUT2D eigenvalue weighted by Crippen LogP contribution is 2.27. The highest BCUT2D eigenvalue weighted by Gasteiger charge is 2.09. The molecule has 0 amide bonds. The van der Waals surface area contributed by atoms with Crippen LogP contribution in [0.25, 0.3) is 10.9 Å². The van der Waals surface area contributed by atoms with Gasteiger partial charge in [0.1, 0.15) is 0 Å². The van der Waals surface area contributed by atoms with Crippen molar-refractivity contribution in [1.82, 2.24) is 9.97 Å². The Bertz CT molecular complexity index is 659. The van der Waals surface area contributed by atoms with E-state index in [4.69, 9.17) is 0 Å². The maximum absolute atomic E-state index is 11.5. The predicted octanol–water partition coefficient (Wildman–Crippen LogP) is 1.89. The predicted molar refractivity (Wildman–Crippen MR) is 70.3 cm³/mol. The van der Waals surface area contributed by atoms with Crippen LogP contribution in [0.1, 0.15) is 5.56 Å². The molecule has 1 heterocycles. The molecular formula is C9H6BrIN2O2. The van der Waals surface area contributed by atoms with Crippen LogP contribution in [0.4, 0.5) is 0 Å². The minimum absolute atomic E-state index is 0.359. The smallest absolute Gasteiger partial charge is 0.307 e. The molecule has 0 unspecified atom stereocenters. The normalized spacial score (nSPS) is 10.9. The van der Waals surface area contributed by atoms with E-state index in [-0.39, 0.29) is 5.56 Å². The van der Waals surface area contributed by atoms with Gasteiger partial charge in [-0.15, -0.1) is 0 Å². The summed E-state index contributed by atoms with van der Waals surface area (Å²) < 4.78 is 1.84. The fourth-order valence-corrected chi connectivity index (χ4v) is 2.44. The lowest BCUT2D eigenvalue weighted by Crippen LogP contribution is -2.22. The van der Waals surface area contributed by atoms with Crippen LogP contribution in [0.5, 0.6) is 0 Å². The Balaban J connectivity index is 3.12. The van der Waals surface area contributed by atoms with Gasteiger partial charge in [-0.25, -0.2) is 4.79 Å². The fraction of sp³-hybridized carbons (Fsp3) is 0.111. The van der Waals surface area contributed by atoms with E-state index in [9.17, 15) is 9.59 Å². The standard InChI is InChI=1S/C9H6BrIN2O2/c1-3-6(10)5(11)2-4-7(3)12-9(15)13-8(4)14/h2H,1H3,(H2,12,13,14,15). The molecule has 15 heavy (non-hydrogen) atoms. The Morgan fingerprint density at radius 1 is 1.33 bits per heavy atom. The van der Waals surface area contributed by atoms with E-state index in [2.05, 4.69) is 48.5 Å². The summed E-state index contributed by atoms with van der Waals surface area (Å²) in [4.78, 5) is 27.5. The lowest BCUT2D eigenvalue weighted by Gasteiger charge is -2.05. The molecule has 6 heteroatoms. The molecule has 2 aromatic rings. The van der Waals surface area contributed by atoms with E-state index >= 15 is 0 Å². The zero-order chi connectivity index (χ0) is 11.2. The molecule has 0 aliphatic carbocycles. The van der Waals surface area contributed by atoms with Crippen LogP contribution in [0.2, 0.25) is 0 Å². The molecule has 2 N–H and O–H groups in total. The van der Waals surface area contributed by atoms with E-state index in [0.717, 1.165) is 13.6 Å². The van der Waals surface area contributed by atoms with Crippen LogP contribution in [-0.4, -0.2) is 9.97 Å². The van der Waals surface area contributed by atoms with Gasteiger partial charge in [0.05, 0.1) is 10.9 Å². The largest absolute Gasteiger partial charge is 0.326 e. The fourth-order valence-electron chi connectivity index (χ4n) is 1.41. The van der Waals surface area contributed by atoms with Crippen molar-refractivity contribution >= 4 is 49.4 Å². The molecule has 0 spiro atoms. The Kier molecular flexibility index (Phi) is 2.72. The summed E-state index contributed by atoms with van der Waals surface area (Å²) in [5.41, 5.74) is 0.599. The molecule has 0 radical (unpaired) electrons. The number of aromatic nitrogens is 2. The molecular weight excluding hydrogens is 375 g/mol. The summed E-state index contributed by atoms with van der Waals surface area (Å²) >= 11 is 5.54. The van der Waals surface area contributed by atoms with Crippen molar-refractivity contribution in [1.29, 1.82) is 0 Å². The number of halogens is 2. The number of aromatic amines is 2. The molecule has 0 saturated heterocycles. The highest BCUT2D eigenvalue weighted by atomic mass is 127. The lowest BCUT2D eigenvalue weighted by molar-refractivity contribution is 1.07. The first-order chi connectivity index (χ1) is 7.00. The Labute approximate surface area is 106 Å². The Morgan fingerprint density at radius 2 is 2.00 bits per heavy atom. The third kappa shape index (κ3) is 1.76. The van der Waals surface area contributed by atoms with Gasteiger partial charge < -0.3 is 4.98 Å². The van der Waals surface area contributed by atoms with Crippen molar-refractivity contribution < 1.29 is 0 Å². The van der Waals surface area contributed by atoms with Gasteiger partial charge in [0.2, 0.25) is 0 Å². The summed E-state index contributed by atoms with van der Waals surface area (Å²) in [6.45, 7) is 1.85. The topological polar surface area (TPSA) is 65.7 Å². The van der Waals surface area contributed by atoms with Crippen molar-refractivity contribution in [3.63, 3.8) is 0 Å². The molecule has 0 bridgehead atoms. The second kappa shape index (κ2) is 3.75. The summed E-state index contributed by atoms with van der Waals surface area (Å²) in [6.07, 6.45) is 0. The maximum Gasteiger partial charge on any atom is 0.326 e. The number of hydrogen-bond acceptors (Lipinski definition) is 2. The molecule has 0 atom stereocenters. The molecule has 78 valence electrons. The van der Waals surface area contributed by atoms with Crippen molar-refractivity contribution in [3.8, 4) is 0 Å². The van der Waals surface area contributed by atoms with E-state index in [0.29, 0.717) is 10.9 Å². The third-order valence-electron chi connectivity index (χ3n) is 2.16. The van der Waals surface area contributed by atoms with Crippen LogP contribution in [0, 0.1) is 10.5 Å². The van der Waals surface area contributed by atoms with Gasteiger partial charge in [0, 0.05) is 8.04 Å². The van der Waals surface area contributed by atoms with Crippen LogP contribution in [0.3, 0.4) is 0 Å². The van der Waals surface area contributed by atoms with Crippen LogP contribution >= 0.6 is 38.5 Å². The summed E-state index contributed by atoms with van der Waals surface area (Å²) in [5, 5.41) is 0.500. The summed E-state index contributed by atoms with van der Waals surface area (Å²) in [7, 11) is 0. The van der Waals surface area contributed by atoms with Crippen LogP contribution < -0.4 is 11.2 Å². The number of rotatable bonds is 0. The summed E-state index contributed by atoms with van der Waals surface area (Å²) in [6, 6.07) is 1.74. The van der Waals surface area contributed by atoms with E-state index in [1.165, 1.54) is 0 Å². The van der Waals surface area contributed by atoms with Gasteiger partial charge in [0.25, 0.3) is 5.56 Å². The second-order valence-electron chi connectivity index (χ2n) is 3.13. The zero-order valence-electron chi connectivity index (χ0n) is 7.65. The van der Waals surface area contributed by atoms with Crippen LogP contribution in [0.15, 0.2) is 20.1 Å². The Hall–Kier alpha value is -0.630. The molecule has 0 saturated carbocycles. The summed E-state index contributed by atoms with van der Waals surface area (Å²) in [5.74, 6) is 0. The van der Waals surface area contributed by atoms with Crippen molar-refractivity contribution in [3.05, 3.63) is 40.5 Å². The number of nitrogens with one attached hydrogen (secondary N) is 2. The molecule has 4 nitrogen and oxygen atoms in total. The van der Waals surface area contributed by atoms with Gasteiger partial charge >= 0.3 is 5.69 Å². The molecule has 1 aromatic carbocycles. The van der Waals surface area contributed by atoms with E-state index in [1.54, 1.807) is 6.07 Å². The van der Waals surface area contributed by atoms with Crippen molar-refractivity contribution in [2.45, 2.75) is 6.92 Å². The number of H-pyrrole nitrogens is 2. The molecule has 2 rings (SSSR count). The number of fused-ring (bicyclic) bond motifs is 1. The first-order valence-electron chi connectivity index (χ1n) is 4.11. The van der Waals surface area contributed by atoms with Gasteiger partial charge in [-0.1, -0.05) is 0 Å². The SMILES string of the molecule is Cc1c(Br)c(I)cc2c(=O)[nH]c(=O)[nH]c12. The molecule has 0 aliphatic rings. The number of aryl methyl sites for hydroxylation is 1. The number of benzene rings is 1. The Morgan fingerprint density at radius 3 is 2.67 bits per heavy atom. The van der Waals surface area contributed by atoms with Crippen molar-refractivity contribution in [2.24, 2.45) is 0 Å². The molecule has 1 aromatic heterocycles.